The molecule has 0 amide bonds. The van der Waals surface area contributed by atoms with Crippen LogP contribution in [0.2, 0.25) is 5.02 Å². The molecule has 0 bridgehead atoms. The number of carbonyl (C=O) groups is 1. The summed E-state index contributed by atoms with van der Waals surface area (Å²) in [6, 6.07) is 6.83. The third kappa shape index (κ3) is 3.62. The number of nitrogens with zero attached hydrogens (tertiary/aromatic N) is 1. The summed E-state index contributed by atoms with van der Waals surface area (Å²) in [7, 11) is -3.26. The highest BCUT2D eigenvalue weighted by atomic mass is 35.5. The van der Waals surface area contributed by atoms with Crippen LogP contribution in [-0.4, -0.2) is 36.8 Å². The lowest BCUT2D eigenvalue weighted by atomic mass is 9.91. The van der Waals surface area contributed by atoms with Crippen LogP contribution < -0.4 is 0 Å². The van der Waals surface area contributed by atoms with E-state index in [1.54, 1.807) is 28.6 Å². The molecular weight excluding hydrogens is 334 g/mol. The molecule has 1 saturated carbocycles. The number of Topliss-reactive ketones (excluding diaryl/α,β-unsaturated/α-hetero) is 1. The summed E-state index contributed by atoms with van der Waals surface area (Å²) < 4.78 is 27.0. The highest BCUT2D eigenvalue weighted by Crippen LogP contribution is 2.30. The van der Waals surface area contributed by atoms with E-state index >= 15 is 0 Å². The minimum Gasteiger partial charge on any atom is -0.294 e. The van der Waals surface area contributed by atoms with Gasteiger partial charge >= 0.3 is 0 Å². The van der Waals surface area contributed by atoms with Crippen molar-refractivity contribution in [1.82, 2.24) is 4.31 Å². The first kappa shape index (κ1) is 16.9. The van der Waals surface area contributed by atoms with E-state index in [9.17, 15) is 13.2 Å². The first-order valence-electron chi connectivity index (χ1n) is 8.27. The Morgan fingerprint density at radius 3 is 2.35 bits per heavy atom. The van der Waals surface area contributed by atoms with E-state index in [-0.39, 0.29) is 17.0 Å². The van der Waals surface area contributed by atoms with Gasteiger partial charge in [0.2, 0.25) is 10.0 Å². The first-order valence-corrected chi connectivity index (χ1v) is 10.2. The molecule has 2 aliphatic rings. The average Bonchev–Trinajstić information content (AvgIpc) is 3.10. The summed E-state index contributed by atoms with van der Waals surface area (Å²) in [5.74, 6) is -0.228. The number of piperidine rings is 1. The van der Waals surface area contributed by atoms with Crippen molar-refractivity contribution in [3.8, 4) is 0 Å². The maximum atomic E-state index is 12.7. The number of sulfonamides is 1. The quantitative estimate of drug-likeness (QED) is 0.776. The fraction of sp³-hybridized carbons (Fsp3) is 0.588. The lowest BCUT2D eigenvalue weighted by molar-refractivity contribution is 0.0872. The largest absolute Gasteiger partial charge is 0.294 e. The molecule has 4 nitrogen and oxygen atoms in total. The fourth-order valence-electron chi connectivity index (χ4n) is 3.63. The van der Waals surface area contributed by atoms with Gasteiger partial charge in [0.15, 0.2) is 5.78 Å². The molecule has 0 aromatic heterocycles. The van der Waals surface area contributed by atoms with Crippen LogP contribution in [0.1, 0.15) is 48.9 Å². The number of hydrogen-bond donors (Lipinski definition) is 0. The molecule has 0 N–H and O–H groups in total. The Morgan fingerprint density at radius 1 is 1.04 bits per heavy atom. The fourth-order valence-corrected chi connectivity index (χ4v) is 5.88. The number of halogens is 1. The van der Waals surface area contributed by atoms with Crippen molar-refractivity contribution >= 4 is 27.4 Å². The van der Waals surface area contributed by atoms with Crippen LogP contribution in [0.4, 0.5) is 0 Å². The van der Waals surface area contributed by atoms with Crippen molar-refractivity contribution in [1.29, 1.82) is 0 Å². The van der Waals surface area contributed by atoms with Gasteiger partial charge in [-0.2, -0.15) is 0 Å². The van der Waals surface area contributed by atoms with E-state index in [1.165, 1.54) is 0 Å². The maximum absolute atomic E-state index is 12.7. The SMILES string of the molecule is O=C(c1ccc(Cl)cc1)C1CCCN(S(=O)(=O)C2CCCC2)C1. The van der Waals surface area contributed by atoms with Crippen molar-refractivity contribution in [3.63, 3.8) is 0 Å². The molecule has 0 radical (unpaired) electrons. The molecule has 6 heteroatoms. The smallest absolute Gasteiger partial charge is 0.217 e. The number of rotatable bonds is 4. The van der Waals surface area contributed by atoms with Crippen LogP contribution in [0.25, 0.3) is 0 Å². The first-order chi connectivity index (χ1) is 11.0. The Balaban J connectivity index is 1.73. The minimum absolute atomic E-state index is 0.0213. The van der Waals surface area contributed by atoms with Crippen molar-refractivity contribution < 1.29 is 13.2 Å². The topological polar surface area (TPSA) is 54.5 Å². The van der Waals surface area contributed by atoms with Crippen LogP contribution in [0, 0.1) is 5.92 Å². The Bertz CT molecular complexity index is 666. The van der Waals surface area contributed by atoms with Gasteiger partial charge < -0.3 is 0 Å². The van der Waals surface area contributed by atoms with Gasteiger partial charge in [0.05, 0.1) is 5.25 Å². The zero-order valence-corrected chi connectivity index (χ0v) is 14.7. The summed E-state index contributed by atoms with van der Waals surface area (Å²) in [5.41, 5.74) is 0.611. The third-order valence-corrected chi connectivity index (χ3v) is 7.58. The number of ketones is 1. The zero-order chi connectivity index (χ0) is 16.4. The van der Waals surface area contributed by atoms with Gasteiger partial charge in [-0.05, 0) is 49.9 Å². The maximum Gasteiger partial charge on any atom is 0.217 e. The molecule has 23 heavy (non-hydrogen) atoms. The molecular formula is C17H22ClNO3S. The molecule has 1 atom stereocenters. The molecule has 1 aliphatic carbocycles. The highest BCUT2D eigenvalue weighted by Gasteiger charge is 2.38. The van der Waals surface area contributed by atoms with Crippen LogP contribution in [-0.2, 0) is 10.0 Å². The van der Waals surface area contributed by atoms with Crippen LogP contribution in [0.3, 0.4) is 0 Å². The van der Waals surface area contributed by atoms with E-state index in [0.717, 1.165) is 38.5 Å². The van der Waals surface area contributed by atoms with Gasteiger partial charge in [0.25, 0.3) is 0 Å². The summed E-state index contributed by atoms with van der Waals surface area (Å²) in [5, 5.41) is 0.350. The number of benzene rings is 1. The molecule has 2 fully saturated rings. The van der Waals surface area contributed by atoms with Crippen molar-refractivity contribution in [2.45, 2.75) is 43.8 Å². The van der Waals surface area contributed by atoms with Gasteiger partial charge in [0.1, 0.15) is 0 Å². The second-order valence-electron chi connectivity index (χ2n) is 6.52. The van der Waals surface area contributed by atoms with E-state index in [4.69, 9.17) is 11.6 Å². The van der Waals surface area contributed by atoms with E-state index in [1.807, 2.05) is 0 Å². The van der Waals surface area contributed by atoms with Crippen molar-refractivity contribution in [2.24, 2.45) is 5.92 Å². The monoisotopic (exact) mass is 355 g/mol. The van der Waals surface area contributed by atoms with Crippen molar-refractivity contribution in [3.05, 3.63) is 34.9 Å². The average molecular weight is 356 g/mol. The van der Waals surface area contributed by atoms with Crippen LogP contribution in [0.5, 0.6) is 0 Å². The normalized spacial score (nSPS) is 24.0. The molecule has 0 spiro atoms. The lowest BCUT2D eigenvalue weighted by Gasteiger charge is -2.33. The summed E-state index contributed by atoms with van der Waals surface area (Å²) in [6.45, 7) is 0.865. The molecule has 1 saturated heterocycles. The van der Waals surface area contributed by atoms with Gasteiger partial charge in [-0.15, -0.1) is 0 Å². The molecule has 126 valence electrons. The Labute approximate surface area is 142 Å². The summed E-state index contributed by atoms with van der Waals surface area (Å²) >= 11 is 5.86. The standard InChI is InChI=1S/C17H22ClNO3S/c18-15-9-7-13(8-10-15)17(20)14-4-3-11-19(12-14)23(21,22)16-5-1-2-6-16/h7-10,14,16H,1-6,11-12H2. The molecule has 1 aliphatic heterocycles. The van der Waals surface area contributed by atoms with Gasteiger partial charge in [-0.1, -0.05) is 24.4 Å². The van der Waals surface area contributed by atoms with E-state index in [2.05, 4.69) is 0 Å². The van der Waals surface area contributed by atoms with Gasteiger partial charge in [-0.25, -0.2) is 12.7 Å². The summed E-state index contributed by atoms with van der Waals surface area (Å²) in [6.07, 6.45) is 4.99. The zero-order valence-electron chi connectivity index (χ0n) is 13.1. The molecule has 1 aromatic rings. The second-order valence-corrected chi connectivity index (χ2v) is 9.17. The molecule has 3 rings (SSSR count). The van der Waals surface area contributed by atoms with E-state index in [0.29, 0.717) is 23.7 Å². The molecule has 1 aromatic carbocycles. The van der Waals surface area contributed by atoms with Gasteiger partial charge in [0, 0.05) is 29.6 Å². The second kappa shape index (κ2) is 6.91. The number of hydrogen-bond acceptors (Lipinski definition) is 3. The third-order valence-electron chi connectivity index (χ3n) is 4.97. The van der Waals surface area contributed by atoms with Crippen molar-refractivity contribution in [2.75, 3.05) is 13.1 Å². The van der Waals surface area contributed by atoms with Crippen LogP contribution in [0.15, 0.2) is 24.3 Å². The predicted octanol–water partition coefficient (Wildman–Crippen LogP) is 3.51. The Kier molecular flexibility index (Phi) is 5.09. The molecule has 1 unspecified atom stereocenters. The number of carbonyl (C=O) groups excluding carboxylic acids is 1. The lowest BCUT2D eigenvalue weighted by Crippen LogP contribution is -2.45. The predicted molar refractivity (Wildman–Crippen MR) is 91.3 cm³/mol. The van der Waals surface area contributed by atoms with Gasteiger partial charge in [-0.3, -0.25) is 4.79 Å². The van der Waals surface area contributed by atoms with E-state index < -0.39 is 10.0 Å². The highest BCUT2D eigenvalue weighted by molar-refractivity contribution is 7.89. The Hall–Kier alpha value is -0.910. The molecule has 1 heterocycles. The summed E-state index contributed by atoms with van der Waals surface area (Å²) in [4.78, 5) is 12.6. The van der Waals surface area contributed by atoms with Crippen LogP contribution >= 0.6 is 11.6 Å². The minimum atomic E-state index is -3.26. The Morgan fingerprint density at radius 2 is 1.70 bits per heavy atom.